The van der Waals surface area contributed by atoms with Crippen molar-refractivity contribution in [1.82, 2.24) is 15.0 Å². The summed E-state index contributed by atoms with van der Waals surface area (Å²) < 4.78 is 0. The largest absolute Gasteiger partial charge is 0.251 e. The van der Waals surface area contributed by atoms with Gasteiger partial charge in [-0.15, -0.1) is 0 Å². The third-order valence-electron chi connectivity index (χ3n) is 1.88. The molecule has 3 aromatic heterocycles. The highest BCUT2D eigenvalue weighted by molar-refractivity contribution is 7.25. The molecule has 0 aliphatic carbocycles. The first-order valence-corrected chi connectivity index (χ1v) is 4.71. The molecule has 0 aliphatic heterocycles. The Morgan fingerprint density at radius 2 is 1.77 bits per heavy atom. The van der Waals surface area contributed by atoms with E-state index in [1.54, 1.807) is 29.9 Å². The third-order valence-corrected chi connectivity index (χ3v) is 2.90. The molecule has 0 atom stereocenters. The minimum absolute atomic E-state index is 0.954. The molecule has 0 aliphatic rings. The van der Waals surface area contributed by atoms with Crippen molar-refractivity contribution in [2.45, 2.75) is 0 Å². The molecule has 3 aromatic rings. The number of thiophene rings is 1. The van der Waals surface area contributed by atoms with Crippen LogP contribution in [0.25, 0.3) is 20.6 Å². The third kappa shape index (κ3) is 0.922. The quantitative estimate of drug-likeness (QED) is 0.541. The molecule has 3 rings (SSSR count). The minimum atomic E-state index is 0.954. The van der Waals surface area contributed by atoms with E-state index in [0.29, 0.717) is 0 Å². The van der Waals surface area contributed by atoms with Gasteiger partial charge in [0.25, 0.3) is 0 Å². The highest BCUT2D eigenvalue weighted by Gasteiger charge is 2.05. The Morgan fingerprint density at radius 1 is 0.923 bits per heavy atom. The Hall–Kier alpha value is -1.55. The molecule has 3 nitrogen and oxygen atoms in total. The van der Waals surface area contributed by atoms with Crippen molar-refractivity contribution >= 4 is 31.9 Å². The van der Waals surface area contributed by atoms with E-state index in [1.807, 2.05) is 12.1 Å². The number of pyridine rings is 1. The van der Waals surface area contributed by atoms with Gasteiger partial charge in [-0.3, -0.25) is 4.98 Å². The lowest BCUT2D eigenvalue weighted by atomic mass is 10.3. The van der Waals surface area contributed by atoms with Crippen LogP contribution in [0, 0.1) is 0 Å². The van der Waals surface area contributed by atoms with Gasteiger partial charge >= 0.3 is 0 Å². The summed E-state index contributed by atoms with van der Waals surface area (Å²) in [5, 5.41) is 1.09. The fourth-order valence-electron chi connectivity index (χ4n) is 1.33. The molecule has 0 spiro atoms. The van der Waals surface area contributed by atoms with Gasteiger partial charge in [0.05, 0.1) is 0 Å². The van der Waals surface area contributed by atoms with Gasteiger partial charge < -0.3 is 0 Å². The van der Waals surface area contributed by atoms with E-state index in [1.165, 1.54) is 0 Å². The molecule has 0 fully saturated rings. The van der Waals surface area contributed by atoms with Crippen molar-refractivity contribution in [3.63, 3.8) is 0 Å². The van der Waals surface area contributed by atoms with Gasteiger partial charge in [-0.2, -0.15) is 0 Å². The predicted octanol–water partition coefficient (Wildman–Crippen LogP) is 2.24. The molecule has 13 heavy (non-hydrogen) atoms. The summed E-state index contributed by atoms with van der Waals surface area (Å²) in [6.45, 7) is 0. The number of aromatic nitrogens is 3. The monoisotopic (exact) mass is 187 g/mol. The first kappa shape index (κ1) is 6.91. The van der Waals surface area contributed by atoms with Crippen LogP contribution in [0.4, 0.5) is 0 Å². The zero-order valence-electron chi connectivity index (χ0n) is 6.64. The number of hydrogen-bond donors (Lipinski definition) is 0. The summed E-state index contributed by atoms with van der Waals surface area (Å²) >= 11 is 1.58. The molecule has 0 aromatic carbocycles. The second-order valence-electron chi connectivity index (χ2n) is 2.67. The molecule has 0 bridgehead atoms. The molecule has 4 heteroatoms. The first-order valence-electron chi connectivity index (χ1n) is 3.89. The van der Waals surface area contributed by atoms with Gasteiger partial charge in [-0.1, -0.05) is 11.3 Å². The molecule has 62 valence electrons. The first-order chi connectivity index (χ1) is 6.45. The Bertz CT molecular complexity index is 523. The average Bonchev–Trinajstić information content (AvgIpc) is 2.56. The summed E-state index contributed by atoms with van der Waals surface area (Å²) in [7, 11) is 0. The molecule has 0 saturated heterocycles. The van der Waals surface area contributed by atoms with Crippen LogP contribution in [0.3, 0.4) is 0 Å². The summed E-state index contributed by atoms with van der Waals surface area (Å²) in [6, 6.07) is 3.94. The zero-order chi connectivity index (χ0) is 8.67. The number of rotatable bonds is 0. The smallest absolute Gasteiger partial charge is 0.144 e. The molecule has 0 radical (unpaired) electrons. The highest BCUT2D eigenvalue weighted by Crippen LogP contribution is 2.28. The molecule has 0 amide bonds. The van der Waals surface area contributed by atoms with E-state index in [9.17, 15) is 0 Å². The van der Waals surface area contributed by atoms with Gasteiger partial charge in [-0.05, 0) is 12.1 Å². The maximum absolute atomic E-state index is 4.28. The molecule has 0 saturated carbocycles. The maximum atomic E-state index is 4.28. The van der Waals surface area contributed by atoms with E-state index >= 15 is 0 Å². The number of nitrogens with zero attached hydrogens (tertiary/aromatic N) is 3. The molecular weight excluding hydrogens is 182 g/mol. The molecule has 0 N–H and O–H groups in total. The van der Waals surface area contributed by atoms with E-state index in [0.717, 1.165) is 20.6 Å². The minimum Gasteiger partial charge on any atom is -0.251 e. The molecular formula is C9H5N3S. The van der Waals surface area contributed by atoms with Crippen LogP contribution in [0.15, 0.2) is 30.7 Å². The lowest BCUT2D eigenvalue weighted by Crippen LogP contribution is -1.75. The van der Waals surface area contributed by atoms with Crippen LogP contribution in [-0.2, 0) is 0 Å². The molecule has 0 unspecified atom stereocenters. The van der Waals surface area contributed by atoms with Crippen LogP contribution in [0.1, 0.15) is 0 Å². The van der Waals surface area contributed by atoms with Gasteiger partial charge in [0.1, 0.15) is 15.2 Å². The van der Waals surface area contributed by atoms with Crippen LogP contribution >= 0.6 is 11.3 Å². The van der Waals surface area contributed by atoms with Gasteiger partial charge in [0.15, 0.2) is 0 Å². The lowest BCUT2D eigenvalue weighted by Gasteiger charge is -1.86. The summed E-state index contributed by atoms with van der Waals surface area (Å²) in [5.74, 6) is 0. The van der Waals surface area contributed by atoms with E-state index < -0.39 is 0 Å². The van der Waals surface area contributed by atoms with E-state index in [-0.39, 0.29) is 0 Å². The number of fused-ring (bicyclic) bond motifs is 3. The second kappa shape index (κ2) is 2.47. The SMILES string of the molecule is c1cnc2sc3nccnc3c2c1. The van der Waals surface area contributed by atoms with Gasteiger partial charge in [0, 0.05) is 24.0 Å². The fourth-order valence-corrected chi connectivity index (χ4v) is 2.27. The standard InChI is InChI=1S/C9H5N3S/c1-2-6-7-9(12-5-4-10-7)13-8(6)11-3-1/h1-5H. The average molecular weight is 187 g/mol. The van der Waals surface area contributed by atoms with Crippen LogP contribution in [-0.4, -0.2) is 15.0 Å². The molecule has 3 heterocycles. The van der Waals surface area contributed by atoms with Crippen molar-refractivity contribution < 1.29 is 0 Å². The zero-order valence-corrected chi connectivity index (χ0v) is 7.45. The van der Waals surface area contributed by atoms with Crippen molar-refractivity contribution in [2.24, 2.45) is 0 Å². The van der Waals surface area contributed by atoms with Gasteiger partial charge in [0.2, 0.25) is 0 Å². The number of hydrogen-bond acceptors (Lipinski definition) is 4. The van der Waals surface area contributed by atoms with Crippen LogP contribution < -0.4 is 0 Å². The Balaban J connectivity index is 2.64. The van der Waals surface area contributed by atoms with Gasteiger partial charge in [-0.25, -0.2) is 9.97 Å². The summed E-state index contributed by atoms with van der Waals surface area (Å²) in [6.07, 6.45) is 5.21. The van der Waals surface area contributed by atoms with E-state index in [4.69, 9.17) is 0 Å². The second-order valence-corrected chi connectivity index (χ2v) is 3.65. The topological polar surface area (TPSA) is 38.7 Å². The Labute approximate surface area is 78.1 Å². The predicted molar refractivity (Wildman–Crippen MR) is 52.7 cm³/mol. The van der Waals surface area contributed by atoms with Crippen molar-refractivity contribution in [1.29, 1.82) is 0 Å². The van der Waals surface area contributed by atoms with Crippen molar-refractivity contribution in [3.8, 4) is 0 Å². The van der Waals surface area contributed by atoms with Crippen molar-refractivity contribution in [3.05, 3.63) is 30.7 Å². The fraction of sp³-hybridized carbons (Fsp3) is 0. The van der Waals surface area contributed by atoms with Crippen molar-refractivity contribution in [2.75, 3.05) is 0 Å². The summed E-state index contributed by atoms with van der Waals surface area (Å²) in [4.78, 5) is 14.7. The summed E-state index contributed by atoms with van der Waals surface area (Å²) in [5.41, 5.74) is 0.954. The van der Waals surface area contributed by atoms with E-state index in [2.05, 4.69) is 15.0 Å². The highest BCUT2D eigenvalue weighted by atomic mass is 32.1. The van der Waals surface area contributed by atoms with Crippen LogP contribution in [0.5, 0.6) is 0 Å². The lowest BCUT2D eigenvalue weighted by molar-refractivity contribution is 1.32. The Morgan fingerprint density at radius 3 is 2.77 bits per heavy atom. The normalized spacial score (nSPS) is 11.1. The van der Waals surface area contributed by atoms with Crippen LogP contribution in [0.2, 0.25) is 0 Å². The maximum Gasteiger partial charge on any atom is 0.144 e. The Kier molecular flexibility index (Phi) is 1.31.